The van der Waals surface area contributed by atoms with E-state index >= 15 is 0 Å². The monoisotopic (exact) mass is 230 g/mol. The second kappa shape index (κ2) is 8.71. The van der Waals surface area contributed by atoms with E-state index in [-0.39, 0.29) is 17.6 Å². The largest absolute Gasteiger partial charge is 0.391 e. The highest BCUT2D eigenvalue weighted by molar-refractivity contribution is 5.78. The third kappa shape index (κ3) is 6.96. The Labute approximate surface area is 99.2 Å². The van der Waals surface area contributed by atoms with Crippen LogP contribution in [-0.2, 0) is 9.53 Å². The Hall–Kier alpha value is -0.410. The summed E-state index contributed by atoms with van der Waals surface area (Å²) in [4.78, 5) is 11.3. The average Bonchev–Trinajstić information content (AvgIpc) is 2.20. The maximum Gasteiger partial charge on any atom is 0.133 e. The number of carbonyl (C=O) groups excluding carboxylic acids is 1. The molecule has 0 aliphatic carbocycles. The zero-order valence-corrected chi connectivity index (χ0v) is 11.0. The van der Waals surface area contributed by atoms with E-state index < -0.39 is 6.10 Å². The van der Waals surface area contributed by atoms with Crippen LogP contribution >= 0.6 is 0 Å². The van der Waals surface area contributed by atoms with Gasteiger partial charge in [-0.2, -0.15) is 0 Å². The van der Waals surface area contributed by atoms with Crippen molar-refractivity contribution in [1.29, 1.82) is 0 Å². The quantitative estimate of drug-likeness (QED) is 0.619. The van der Waals surface area contributed by atoms with Crippen LogP contribution < -0.4 is 0 Å². The molecule has 2 unspecified atom stereocenters. The van der Waals surface area contributed by atoms with Crippen molar-refractivity contribution in [2.75, 3.05) is 13.2 Å². The van der Waals surface area contributed by atoms with E-state index in [1.54, 1.807) is 6.92 Å². The fourth-order valence-corrected chi connectivity index (χ4v) is 1.73. The van der Waals surface area contributed by atoms with Crippen molar-refractivity contribution in [3.63, 3.8) is 0 Å². The summed E-state index contributed by atoms with van der Waals surface area (Å²) in [5.41, 5.74) is 0. The Bertz CT molecular complexity index is 190. The molecule has 0 aromatic rings. The zero-order chi connectivity index (χ0) is 12.6. The van der Waals surface area contributed by atoms with Gasteiger partial charge in [0.25, 0.3) is 0 Å². The molecule has 0 spiro atoms. The topological polar surface area (TPSA) is 46.5 Å². The molecule has 0 aromatic carbocycles. The predicted molar refractivity (Wildman–Crippen MR) is 65.4 cm³/mol. The summed E-state index contributed by atoms with van der Waals surface area (Å²) in [5.74, 6) is 0.384. The van der Waals surface area contributed by atoms with E-state index in [1.165, 1.54) is 0 Å². The summed E-state index contributed by atoms with van der Waals surface area (Å²) in [7, 11) is 0. The van der Waals surface area contributed by atoms with Gasteiger partial charge in [0, 0.05) is 12.5 Å². The van der Waals surface area contributed by atoms with Crippen molar-refractivity contribution >= 4 is 5.78 Å². The number of unbranched alkanes of at least 4 members (excludes halogenated alkanes) is 1. The molecule has 0 aromatic heterocycles. The molecule has 0 aliphatic heterocycles. The Kier molecular flexibility index (Phi) is 8.49. The molecule has 3 nitrogen and oxygen atoms in total. The molecule has 0 saturated carbocycles. The number of hydrogen-bond acceptors (Lipinski definition) is 3. The fraction of sp³-hybridized carbons (Fsp3) is 0.923. The van der Waals surface area contributed by atoms with Crippen molar-refractivity contribution in [3.8, 4) is 0 Å². The van der Waals surface area contributed by atoms with E-state index in [0.29, 0.717) is 19.6 Å². The number of aliphatic hydroxyl groups excluding tert-OH is 1. The minimum absolute atomic E-state index is 0.0511. The lowest BCUT2D eigenvalue weighted by Crippen LogP contribution is -2.26. The van der Waals surface area contributed by atoms with Gasteiger partial charge in [-0.15, -0.1) is 0 Å². The van der Waals surface area contributed by atoms with E-state index in [4.69, 9.17) is 4.74 Å². The molecular formula is C13H26O3. The predicted octanol–water partition coefficient (Wildman–Crippen LogP) is 2.42. The summed E-state index contributed by atoms with van der Waals surface area (Å²) < 4.78 is 5.33. The lowest BCUT2D eigenvalue weighted by Gasteiger charge is -2.21. The van der Waals surface area contributed by atoms with Crippen molar-refractivity contribution in [1.82, 2.24) is 0 Å². The van der Waals surface area contributed by atoms with Gasteiger partial charge in [0.1, 0.15) is 5.78 Å². The Morgan fingerprint density at radius 1 is 1.38 bits per heavy atom. The molecule has 0 aliphatic rings. The Balaban J connectivity index is 3.82. The van der Waals surface area contributed by atoms with E-state index in [2.05, 4.69) is 6.92 Å². The molecule has 2 atom stereocenters. The maximum absolute atomic E-state index is 11.3. The first-order chi connectivity index (χ1) is 7.49. The number of rotatable bonds is 9. The number of hydrogen-bond donors (Lipinski definition) is 1. The van der Waals surface area contributed by atoms with Gasteiger partial charge in [0.05, 0.1) is 12.7 Å². The van der Waals surface area contributed by atoms with Crippen LogP contribution in [0.2, 0.25) is 0 Å². The molecule has 0 rings (SSSR count). The van der Waals surface area contributed by atoms with Crippen LogP contribution in [0.3, 0.4) is 0 Å². The molecule has 0 radical (unpaired) electrons. The Morgan fingerprint density at radius 3 is 2.44 bits per heavy atom. The van der Waals surface area contributed by atoms with Gasteiger partial charge in [-0.05, 0) is 25.7 Å². The molecule has 16 heavy (non-hydrogen) atoms. The fourth-order valence-electron chi connectivity index (χ4n) is 1.73. The standard InChI is InChI=1S/C13H26O3/c1-5-6-7-16-9-12(15)8-13(10(2)3)11(4)14/h10,12-13,15H,5-9H2,1-4H3. The molecule has 0 fully saturated rings. The van der Waals surface area contributed by atoms with Crippen LogP contribution in [0.25, 0.3) is 0 Å². The number of Topliss-reactive ketones (excluding diaryl/α,β-unsaturated/α-hetero) is 1. The van der Waals surface area contributed by atoms with Crippen molar-refractivity contribution in [2.24, 2.45) is 11.8 Å². The molecule has 3 heteroatoms. The maximum atomic E-state index is 11.3. The van der Waals surface area contributed by atoms with Crippen LogP contribution in [0.15, 0.2) is 0 Å². The molecule has 96 valence electrons. The lowest BCUT2D eigenvalue weighted by atomic mass is 9.87. The molecule has 0 amide bonds. The number of ether oxygens (including phenoxy) is 1. The molecule has 0 saturated heterocycles. The molecule has 0 heterocycles. The molecular weight excluding hydrogens is 204 g/mol. The summed E-state index contributed by atoms with van der Waals surface area (Å²) in [6.07, 6.45) is 2.11. The average molecular weight is 230 g/mol. The second-order valence-corrected chi connectivity index (χ2v) is 4.78. The Morgan fingerprint density at radius 2 is 2.00 bits per heavy atom. The van der Waals surface area contributed by atoms with Crippen LogP contribution in [0, 0.1) is 11.8 Å². The summed E-state index contributed by atoms with van der Waals surface area (Å²) in [6, 6.07) is 0. The first kappa shape index (κ1) is 15.6. The van der Waals surface area contributed by atoms with Crippen LogP contribution in [0.5, 0.6) is 0 Å². The number of carbonyl (C=O) groups is 1. The lowest BCUT2D eigenvalue weighted by molar-refractivity contribution is -0.123. The van der Waals surface area contributed by atoms with E-state index in [9.17, 15) is 9.90 Å². The van der Waals surface area contributed by atoms with Gasteiger partial charge in [-0.3, -0.25) is 4.79 Å². The van der Waals surface area contributed by atoms with Gasteiger partial charge in [0.2, 0.25) is 0 Å². The highest BCUT2D eigenvalue weighted by atomic mass is 16.5. The summed E-state index contributed by atoms with van der Waals surface area (Å²) >= 11 is 0. The first-order valence-corrected chi connectivity index (χ1v) is 6.25. The summed E-state index contributed by atoms with van der Waals surface area (Å²) in [6.45, 7) is 8.75. The van der Waals surface area contributed by atoms with Gasteiger partial charge in [-0.1, -0.05) is 27.2 Å². The van der Waals surface area contributed by atoms with Crippen LogP contribution in [-0.4, -0.2) is 30.2 Å². The number of aliphatic hydroxyl groups is 1. The van der Waals surface area contributed by atoms with Crippen molar-refractivity contribution in [3.05, 3.63) is 0 Å². The highest BCUT2D eigenvalue weighted by Gasteiger charge is 2.21. The first-order valence-electron chi connectivity index (χ1n) is 6.25. The smallest absolute Gasteiger partial charge is 0.133 e. The van der Waals surface area contributed by atoms with Gasteiger partial charge >= 0.3 is 0 Å². The molecule has 1 N–H and O–H groups in total. The van der Waals surface area contributed by atoms with Crippen molar-refractivity contribution in [2.45, 2.75) is 53.1 Å². The van der Waals surface area contributed by atoms with Gasteiger partial charge in [0.15, 0.2) is 0 Å². The minimum Gasteiger partial charge on any atom is -0.391 e. The van der Waals surface area contributed by atoms with Crippen LogP contribution in [0.4, 0.5) is 0 Å². The third-order valence-corrected chi connectivity index (χ3v) is 2.81. The zero-order valence-electron chi connectivity index (χ0n) is 11.0. The SMILES string of the molecule is CCCCOCC(O)CC(C(C)=O)C(C)C. The van der Waals surface area contributed by atoms with E-state index in [0.717, 1.165) is 12.8 Å². The normalized spacial score (nSPS) is 15.1. The van der Waals surface area contributed by atoms with Crippen molar-refractivity contribution < 1.29 is 14.6 Å². The molecule has 0 bridgehead atoms. The summed E-state index contributed by atoms with van der Waals surface area (Å²) in [5, 5.41) is 9.74. The second-order valence-electron chi connectivity index (χ2n) is 4.78. The number of ketones is 1. The van der Waals surface area contributed by atoms with Gasteiger partial charge < -0.3 is 9.84 Å². The van der Waals surface area contributed by atoms with Gasteiger partial charge in [-0.25, -0.2) is 0 Å². The van der Waals surface area contributed by atoms with E-state index in [1.807, 2.05) is 13.8 Å². The highest BCUT2D eigenvalue weighted by Crippen LogP contribution is 2.18. The minimum atomic E-state index is -0.520. The third-order valence-electron chi connectivity index (χ3n) is 2.81. The van der Waals surface area contributed by atoms with Crippen LogP contribution in [0.1, 0.15) is 47.0 Å².